The first-order valence-electron chi connectivity index (χ1n) is 7.42. The van der Waals surface area contributed by atoms with E-state index in [0.29, 0.717) is 5.82 Å². The number of nitro groups is 1. The van der Waals surface area contributed by atoms with Crippen molar-refractivity contribution >= 4 is 17.3 Å². The Balaban J connectivity index is 2.19. The molecule has 0 saturated heterocycles. The second kappa shape index (κ2) is 7.21. The Morgan fingerprint density at radius 1 is 1.48 bits per heavy atom. The quantitative estimate of drug-likeness (QED) is 0.527. The van der Waals surface area contributed by atoms with Gasteiger partial charge in [0, 0.05) is 31.2 Å². The first-order chi connectivity index (χ1) is 10.2. The van der Waals surface area contributed by atoms with Crippen molar-refractivity contribution in [2.24, 2.45) is 5.92 Å². The van der Waals surface area contributed by atoms with Crippen LogP contribution in [-0.4, -0.2) is 34.2 Å². The number of anilines is 2. The lowest BCUT2D eigenvalue weighted by atomic mass is 10.1. The third kappa shape index (κ3) is 3.81. The lowest BCUT2D eigenvalue weighted by Crippen LogP contribution is -2.27. The molecule has 2 unspecified atom stereocenters. The summed E-state index contributed by atoms with van der Waals surface area (Å²) in [6, 6.07) is 3.13. The van der Waals surface area contributed by atoms with E-state index in [4.69, 9.17) is 0 Å². The highest BCUT2D eigenvalue weighted by Gasteiger charge is 2.29. The van der Waals surface area contributed by atoms with Gasteiger partial charge in [-0.2, -0.15) is 0 Å². The van der Waals surface area contributed by atoms with E-state index in [-0.39, 0.29) is 30.1 Å². The molecule has 1 aromatic rings. The predicted molar refractivity (Wildman–Crippen MR) is 81.5 cm³/mol. The highest BCUT2D eigenvalue weighted by molar-refractivity contribution is 5.60. The molecule has 1 saturated carbocycles. The van der Waals surface area contributed by atoms with Crippen LogP contribution in [0.15, 0.2) is 12.1 Å². The van der Waals surface area contributed by atoms with Crippen molar-refractivity contribution in [3.63, 3.8) is 0 Å². The molecule has 2 rings (SSSR count). The van der Waals surface area contributed by atoms with Gasteiger partial charge in [0.1, 0.15) is 5.82 Å². The van der Waals surface area contributed by atoms with E-state index < -0.39 is 4.92 Å². The number of hydrogen-bond donors (Lipinski definition) is 3. The van der Waals surface area contributed by atoms with Crippen LogP contribution in [0.1, 0.15) is 32.6 Å². The lowest BCUT2D eigenvalue weighted by molar-refractivity contribution is -0.384. The molecule has 0 bridgehead atoms. The molecule has 1 heterocycles. The van der Waals surface area contributed by atoms with Crippen LogP contribution in [0.3, 0.4) is 0 Å². The molecule has 1 aliphatic rings. The van der Waals surface area contributed by atoms with Gasteiger partial charge >= 0.3 is 5.69 Å². The highest BCUT2D eigenvalue weighted by Crippen LogP contribution is 2.31. The van der Waals surface area contributed by atoms with E-state index in [1.165, 1.54) is 6.07 Å². The van der Waals surface area contributed by atoms with Crippen LogP contribution in [0.4, 0.5) is 17.3 Å². The summed E-state index contributed by atoms with van der Waals surface area (Å²) in [4.78, 5) is 15.0. The van der Waals surface area contributed by atoms with E-state index in [1.54, 1.807) is 6.07 Å². The zero-order valence-corrected chi connectivity index (χ0v) is 12.2. The van der Waals surface area contributed by atoms with Crippen molar-refractivity contribution in [1.29, 1.82) is 0 Å². The Hall–Kier alpha value is -1.89. The Labute approximate surface area is 123 Å². The minimum absolute atomic E-state index is 0.0272. The van der Waals surface area contributed by atoms with Gasteiger partial charge in [-0.05, 0) is 25.3 Å². The average Bonchev–Trinajstić information content (AvgIpc) is 2.92. The fourth-order valence-corrected chi connectivity index (χ4v) is 2.68. The highest BCUT2D eigenvalue weighted by atomic mass is 16.6. The summed E-state index contributed by atoms with van der Waals surface area (Å²) < 4.78 is 0. The van der Waals surface area contributed by atoms with Crippen LogP contribution >= 0.6 is 0 Å². The SMILES string of the molecule is CCCNc1ccc([N+](=O)[O-])c(NC2CCCC2CO)n1. The van der Waals surface area contributed by atoms with Gasteiger partial charge < -0.3 is 15.7 Å². The van der Waals surface area contributed by atoms with Crippen molar-refractivity contribution in [1.82, 2.24) is 4.98 Å². The van der Waals surface area contributed by atoms with Crippen molar-refractivity contribution in [3.05, 3.63) is 22.2 Å². The largest absolute Gasteiger partial charge is 0.396 e. The summed E-state index contributed by atoms with van der Waals surface area (Å²) in [5.41, 5.74) is -0.0272. The minimum Gasteiger partial charge on any atom is -0.396 e. The van der Waals surface area contributed by atoms with Crippen LogP contribution in [0, 0.1) is 16.0 Å². The van der Waals surface area contributed by atoms with Gasteiger partial charge in [-0.15, -0.1) is 0 Å². The fourth-order valence-electron chi connectivity index (χ4n) is 2.68. The summed E-state index contributed by atoms with van der Waals surface area (Å²) >= 11 is 0. The number of aliphatic hydroxyl groups is 1. The fraction of sp³-hybridized carbons (Fsp3) is 0.643. The van der Waals surface area contributed by atoms with E-state index in [2.05, 4.69) is 15.6 Å². The van der Waals surface area contributed by atoms with Gasteiger partial charge in [0.15, 0.2) is 0 Å². The smallest absolute Gasteiger partial charge is 0.311 e. The first kappa shape index (κ1) is 15.5. The summed E-state index contributed by atoms with van der Waals surface area (Å²) in [6.07, 6.45) is 3.81. The second-order valence-electron chi connectivity index (χ2n) is 5.37. The molecule has 7 heteroatoms. The van der Waals surface area contributed by atoms with Crippen LogP contribution in [0.25, 0.3) is 0 Å². The number of nitrogens with zero attached hydrogens (tertiary/aromatic N) is 2. The Morgan fingerprint density at radius 2 is 2.29 bits per heavy atom. The van der Waals surface area contributed by atoms with Crippen molar-refractivity contribution in [2.45, 2.75) is 38.6 Å². The molecule has 1 fully saturated rings. The Morgan fingerprint density at radius 3 is 2.95 bits per heavy atom. The summed E-state index contributed by atoms with van der Waals surface area (Å²) in [7, 11) is 0. The molecule has 1 aromatic heterocycles. The molecule has 0 radical (unpaired) electrons. The third-order valence-corrected chi connectivity index (χ3v) is 3.84. The van der Waals surface area contributed by atoms with Crippen LogP contribution < -0.4 is 10.6 Å². The first-order valence-corrected chi connectivity index (χ1v) is 7.42. The Bertz CT molecular complexity index is 495. The van der Waals surface area contributed by atoms with E-state index in [9.17, 15) is 15.2 Å². The zero-order valence-electron chi connectivity index (χ0n) is 12.2. The molecule has 1 aliphatic carbocycles. The van der Waals surface area contributed by atoms with Crippen LogP contribution in [0.5, 0.6) is 0 Å². The zero-order chi connectivity index (χ0) is 15.2. The lowest BCUT2D eigenvalue weighted by Gasteiger charge is -2.19. The average molecular weight is 294 g/mol. The van der Waals surface area contributed by atoms with Crippen LogP contribution in [0.2, 0.25) is 0 Å². The molecular formula is C14H22N4O3. The maximum Gasteiger partial charge on any atom is 0.311 e. The molecule has 0 aliphatic heterocycles. The topological polar surface area (TPSA) is 100 Å². The van der Waals surface area contributed by atoms with Gasteiger partial charge in [-0.25, -0.2) is 4.98 Å². The van der Waals surface area contributed by atoms with Crippen molar-refractivity contribution in [2.75, 3.05) is 23.8 Å². The van der Waals surface area contributed by atoms with Crippen LogP contribution in [-0.2, 0) is 0 Å². The van der Waals surface area contributed by atoms with E-state index in [1.807, 2.05) is 6.92 Å². The summed E-state index contributed by atoms with van der Waals surface area (Å²) in [6.45, 7) is 2.91. The molecular weight excluding hydrogens is 272 g/mol. The van der Waals surface area contributed by atoms with Gasteiger partial charge in [0.05, 0.1) is 4.92 Å². The van der Waals surface area contributed by atoms with Gasteiger partial charge in [0.2, 0.25) is 5.82 Å². The summed E-state index contributed by atoms with van der Waals surface area (Å²) in [5, 5.41) is 26.8. The Kier molecular flexibility index (Phi) is 5.32. The van der Waals surface area contributed by atoms with Crippen molar-refractivity contribution < 1.29 is 10.0 Å². The molecule has 21 heavy (non-hydrogen) atoms. The molecule has 0 spiro atoms. The van der Waals surface area contributed by atoms with Crippen molar-refractivity contribution in [3.8, 4) is 0 Å². The molecule has 3 N–H and O–H groups in total. The standard InChI is InChI=1S/C14H22N4O3/c1-2-8-15-13-7-6-12(18(20)21)14(17-13)16-11-5-3-4-10(11)9-19/h6-7,10-11,19H,2-5,8-9H2,1H3,(H2,15,16,17). The number of pyridine rings is 1. The number of hydrogen-bond acceptors (Lipinski definition) is 6. The maximum absolute atomic E-state index is 11.1. The third-order valence-electron chi connectivity index (χ3n) is 3.84. The number of aliphatic hydroxyl groups excluding tert-OH is 1. The summed E-state index contributed by atoms with van der Waals surface area (Å²) in [5.74, 6) is 1.05. The second-order valence-corrected chi connectivity index (χ2v) is 5.37. The van der Waals surface area contributed by atoms with Gasteiger partial charge in [-0.3, -0.25) is 10.1 Å². The molecule has 0 aromatic carbocycles. The van der Waals surface area contributed by atoms with E-state index >= 15 is 0 Å². The molecule has 7 nitrogen and oxygen atoms in total. The number of nitrogens with one attached hydrogen (secondary N) is 2. The molecule has 2 atom stereocenters. The monoisotopic (exact) mass is 294 g/mol. The molecule has 0 amide bonds. The normalized spacial score (nSPS) is 21.2. The minimum atomic E-state index is -0.429. The number of rotatable bonds is 7. The van der Waals surface area contributed by atoms with E-state index in [0.717, 1.165) is 32.2 Å². The predicted octanol–water partition coefficient (Wildman–Crippen LogP) is 2.38. The van der Waals surface area contributed by atoms with Gasteiger partial charge in [0.25, 0.3) is 0 Å². The number of aromatic nitrogens is 1. The van der Waals surface area contributed by atoms with Gasteiger partial charge in [-0.1, -0.05) is 13.3 Å². The maximum atomic E-state index is 11.1. The molecule has 116 valence electrons.